The van der Waals surface area contributed by atoms with Gasteiger partial charge in [0.2, 0.25) is 0 Å². The highest BCUT2D eigenvalue weighted by Crippen LogP contribution is 2.13. The van der Waals surface area contributed by atoms with Gasteiger partial charge < -0.3 is 4.55 Å². The van der Waals surface area contributed by atoms with E-state index in [-0.39, 0.29) is 4.90 Å². The molecule has 17 heavy (non-hydrogen) atoms. The Morgan fingerprint density at radius 1 is 0.824 bits per heavy atom. The Labute approximate surface area is 100 Å². The summed E-state index contributed by atoms with van der Waals surface area (Å²) in [6, 6.07) is 15.9. The summed E-state index contributed by atoms with van der Waals surface area (Å²) >= 11 is 0. The van der Waals surface area contributed by atoms with Crippen molar-refractivity contribution < 1.29 is 13.0 Å². The molecule has 0 N–H and O–H groups in total. The third-order valence-electron chi connectivity index (χ3n) is 2.46. The number of rotatable bonds is 3. The van der Waals surface area contributed by atoms with Crippen molar-refractivity contribution in [1.82, 2.24) is 0 Å². The van der Waals surface area contributed by atoms with Crippen molar-refractivity contribution in [2.24, 2.45) is 0 Å². The second kappa shape index (κ2) is 4.69. The minimum absolute atomic E-state index is 0.186. The fourth-order valence-corrected chi connectivity index (χ4v) is 2.07. The molecule has 4 heteroatoms. The highest BCUT2D eigenvalue weighted by atomic mass is 32.2. The van der Waals surface area contributed by atoms with E-state index in [1.165, 1.54) is 12.1 Å². The van der Waals surface area contributed by atoms with Crippen LogP contribution in [0.4, 0.5) is 0 Å². The smallest absolute Gasteiger partial charge is 0.124 e. The van der Waals surface area contributed by atoms with Crippen molar-refractivity contribution in [1.29, 1.82) is 0 Å². The third kappa shape index (κ3) is 3.15. The Kier molecular flexibility index (Phi) is 3.26. The SMILES string of the molecule is O=S(=O)([O-])c1ccc(Cc2ccccc2)cc1. The molecule has 0 fully saturated rings. The lowest BCUT2D eigenvalue weighted by molar-refractivity contribution is 0.463. The molecule has 2 aromatic carbocycles. The fourth-order valence-electron chi connectivity index (χ4n) is 1.61. The van der Waals surface area contributed by atoms with Gasteiger partial charge in [0.25, 0.3) is 0 Å². The molecule has 0 heterocycles. The zero-order valence-electron chi connectivity index (χ0n) is 9.04. The lowest BCUT2D eigenvalue weighted by Gasteiger charge is -2.07. The van der Waals surface area contributed by atoms with Crippen LogP contribution in [0.25, 0.3) is 0 Å². The molecule has 0 aliphatic heterocycles. The second-order valence-corrected chi connectivity index (χ2v) is 5.14. The Hall–Kier alpha value is -1.65. The van der Waals surface area contributed by atoms with Crippen LogP contribution in [-0.4, -0.2) is 13.0 Å². The summed E-state index contributed by atoms with van der Waals surface area (Å²) in [5, 5.41) is 0. The van der Waals surface area contributed by atoms with Crippen LogP contribution < -0.4 is 0 Å². The molecule has 2 rings (SSSR count). The second-order valence-electron chi connectivity index (χ2n) is 3.76. The monoisotopic (exact) mass is 247 g/mol. The van der Waals surface area contributed by atoms with Crippen LogP contribution in [0.2, 0.25) is 0 Å². The van der Waals surface area contributed by atoms with Gasteiger partial charge in [-0.25, -0.2) is 8.42 Å². The van der Waals surface area contributed by atoms with E-state index in [1.54, 1.807) is 12.1 Å². The van der Waals surface area contributed by atoms with E-state index in [2.05, 4.69) is 0 Å². The van der Waals surface area contributed by atoms with Crippen LogP contribution in [0, 0.1) is 0 Å². The molecule has 0 saturated carbocycles. The maximum Gasteiger partial charge on any atom is 0.124 e. The van der Waals surface area contributed by atoms with Gasteiger partial charge >= 0.3 is 0 Å². The first-order valence-electron chi connectivity index (χ1n) is 5.14. The zero-order valence-corrected chi connectivity index (χ0v) is 9.85. The van der Waals surface area contributed by atoms with Crippen LogP contribution in [0.15, 0.2) is 59.5 Å². The summed E-state index contributed by atoms with van der Waals surface area (Å²) in [6.45, 7) is 0. The van der Waals surface area contributed by atoms with Gasteiger partial charge in [-0.3, -0.25) is 0 Å². The van der Waals surface area contributed by atoms with E-state index in [4.69, 9.17) is 0 Å². The molecule has 0 bridgehead atoms. The van der Waals surface area contributed by atoms with Crippen molar-refractivity contribution >= 4 is 10.1 Å². The van der Waals surface area contributed by atoms with Crippen molar-refractivity contribution in [3.63, 3.8) is 0 Å². The summed E-state index contributed by atoms with van der Waals surface area (Å²) in [6.07, 6.45) is 0.722. The Morgan fingerprint density at radius 2 is 1.35 bits per heavy atom. The Morgan fingerprint density at radius 3 is 1.88 bits per heavy atom. The predicted molar refractivity (Wildman–Crippen MR) is 63.7 cm³/mol. The molecule has 0 radical (unpaired) electrons. The topological polar surface area (TPSA) is 57.2 Å². The summed E-state index contributed by atoms with van der Waals surface area (Å²) < 4.78 is 32.2. The third-order valence-corrected chi connectivity index (χ3v) is 3.31. The molecular formula is C13H11O3S-. The van der Waals surface area contributed by atoms with Gasteiger partial charge in [0.15, 0.2) is 0 Å². The normalized spacial score (nSPS) is 11.4. The van der Waals surface area contributed by atoms with Crippen LogP contribution in [0.3, 0.4) is 0 Å². The minimum Gasteiger partial charge on any atom is -0.744 e. The van der Waals surface area contributed by atoms with Gasteiger partial charge in [-0.05, 0) is 29.7 Å². The average molecular weight is 247 g/mol. The lowest BCUT2D eigenvalue weighted by Crippen LogP contribution is -1.98. The Bertz CT molecular complexity index is 586. The maximum absolute atomic E-state index is 10.7. The largest absolute Gasteiger partial charge is 0.744 e. The molecule has 0 aliphatic rings. The highest BCUT2D eigenvalue weighted by molar-refractivity contribution is 7.85. The van der Waals surface area contributed by atoms with E-state index in [0.29, 0.717) is 0 Å². The van der Waals surface area contributed by atoms with Gasteiger partial charge in [0.1, 0.15) is 10.1 Å². The number of benzene rings is 2. The molecule has 0 amide bonds. The number of hydrogen-bond acceptors (Lipinski definition) is 3. The van der Waals surface area contributed by atoms with E-state index in [0.717, 1.165) is 17.5 Å². The molecule has 0 aromatic heterocycles. The molecule has 0 spiro atoms. The van der Waals surface area contributed by atoms with Gasteiger partial charge in [-0.15, -0.1) is 0 Å². The maximum atomic E-state index is 10.7. The summed E-state index contributed by atoms with van der Waals surface area (Å²) in [5.74, 6) is 0. The van der Waals surface area contributed by atoms with E-state index >= 15 is 0 Å². The van der Waals surface area contributed by atoms with E-state index < -0.39 is 10.1 Å². The molecular weight excluding hydrogens is 236 g/mol. The molecule has 0 aliphatic carbocycles. The summed E-state index contributed by atoms with van der Waals surface area (Å²) in [5.41, 5.74) is 2.12. The van der Waals surface area contributed by atoms with Gasteiger partial charge in [0, 0.05) is 0 Å². The van der Waals surface area contributed by atoms with Crippen LogP contribution in [0.1, 0.15) is 11.1 Å². The first-order chi connectivity index (χ1) is 8.05. The standard InChI is InChI=1S/C13H12O3S/c14-17(15,16)13-8-6-12(7-9-13)10-11-4-2-1-3-5-11/h1-9H,10H2,(H,14,15,16)/p-1. The van der Waals surface area contributed by atoms with Crippen LogP contribution >= 0.6 is 0 Å². The first kappa shape index (κ1) is 11.8. The Balaban J connectivity index is 2.20. The van der Waals surface area contributed by atoms with Crippen LogP contribution in [0.5, 0.6) is 0 Å². The molecule has 0 unspecified atom stereocenters. The van der Waals surface area contributed by atoms with Crippen molar-refractivity contribution in [3.05, 3.63) is 65.7 Å². The van der Waals surface area contributed by atoms with Crippen LogP contribution in [-0.2, 0) is 16.5 Å². The predicted octanol–water partition coefficient (Wildman–Crippen LogP) is 2.18. The summed E-state index contributed by atoms with van der Waals surface area (Å²) in [4.78, 5) is -0.186. The number of hydrogen-bond donors (Lipinski definition) is 0. The lowest BCUT2D eigenvalue weighted by atomic mass is 10.1. The first-order valence-corrected chi connectivity index (χ1v) is 6.55. The highest BCUT2D eigenvalue weighted by Gasteiger charge is 2.01. The van der Waals surface area contributed by atoms with Gasteiger partial charge in [0.05, 0.1) is 4.90 Å². The van der Waals surface area contributed by atoms with Crippen molar-refractivity contribution in [3.8, 4) is 0 Å². The van der Waals surface area contributed by atoms with Gasteiger partial charge in [-0.1, -0.05) is 42.5 Å². The molecule has 0 saturated heterocycles. The van der Waals surface area contributed by atoms with E-state index in [1.807, 2.05) is 30.3 Å². The van der Waals surface area contributed by atoms with Gasteiger partial charge in [-0.2, -0.15) is 0 Å². The minimum atomic E-state index is -4.34. The van der Waals surface area contributed by atoms with Crippen molar-refractivity contribution in [2.75, 3.05) is 0 Å². The van der Waals surface area contributed by atoms with E-state index in [9.17, 15) is 13.0 Å². The molecule has 88 valence electrons. The molecule has 0 atom stereocenters. The summed E-state index contributed by atoms with van der Waals surface area (Å²) in [7, 11) is -4.34. The average Bonchev–Trinajstić information content (AvgIpc) is 2.30. The molecule has 3 nitrogen and oxygen atoms in total. The fraction of sp³-hybridized carbons (Fsp3) is 0.0769. The quantitative estimate of drug-likeness (QED) is 0.781. The molecule has 2 aromatic rings. The zero-order chi connectivity index (χ0) is 12.3. The van der Waals surface area contributed by atoms with Crippen molar-refractivity contribution in [2.45, 2.75) is 11.3 Å².